The van der Waals surface area contributed by atoms with Gasteiger partial charge in [0.2, 0.25) is 0 Å². The fraction of sp³-hybridized carbons (Fsp3) is 0.500. The van der Waals surface area contributed by atoms with Gasteiger partial charge in [0.15, 0.2) is 5.03 Å². The molecule has 1 N–H and O–H groups in total. The van der Waals surface area contributed by atoms with Gasteiger partial charge in [0.05, 0.1) is 11.6 Å². The number of nitrogens with zero attached hydrogens (tertiary/aromatic N) is 3. The van der Waals surface area contributed by atoms with Gasteiger partial charge in [-0.05, 0) is 51.7 Å². The minimum absolute atomic E-state index is 0.0126. The van der Waals surface area contributed by atoms with Gasteiger partial charge in [-0.15, -0.1) is 0 Å². The van der Waals surface area contributed by atoms with Crippen molar-refractivity contribution in [2.75, 3.05) is 0 Å². The monoisotopic (exact) mass is 364 g/mol. The van der Waals surface area contributed by atoms with Crippen LogP contribution < -0.4 is 4.72 Å². The van der Waals surface area contributed by atoms with Crippen molar-refractivity contribution in [2.45, 2.75) is 50.3 Å². The summed E-state index contributed by atoms with van der Waals surface area (Å²) in [6.07, 6.45) is 3.18. The van der Waals surface area contributed by atoms with Crippen LogP contribution in [0.3, 0.4) is 0 Å². The fourth-order valence-corrected chi connectivity index (χ4v) is 3.47. The molecule has 25 heavy (non-hydrogen) atoms. The first-order valence-electron chi connectivity index (χ1n) is 7.75. The lowest BCUT2D eigenvalue weighted by Gasteiger charge is -2.32. The molecule has 0 saturated heterocycles. The van der Waals surface area contributed by atoms with Crippen LogP contribution in [-0.4, -0.2) is 37.4 Å². The number of nitrogens with one attached hydrogen (secondary N) is 1. The summed E-state index contributed by atoms with van der Waals surface area (Å²) < 4.78 is 32.1. The lowest BCUT2D eigenvalue weighted by atomic mass is 9.82. The Morgan fingerprint density at radius 2 is 2.16 bits per heavy atom. The molecule has 0 aromatic carbocycles. The van der Waals surface area contributed by atoms with Gasteiger partial charge in [0, 0.05) is 18.5 Å². The number of carbonyl (C=O) groups is 1. The van der Waals surface area contributed by atoms with Crippen molar-refractivity contribution in [1.82, 2.24) is 9.71 Å². The quantitative estimate of drug-likeness (QED) is 0.816. The number of nitriles is 1. The summed E-state index contributed by atoms with van der Waals surface area (Å²) in [6.45, 7) is 5.26. The smallest absolute Gasteiger partial charge is 0.433 e. The van der Waals surface area contributed by atoms with Crippen LogP contribution in [-0.2, 0) is 14.8 Å². The summed E-state index contributed by atoms with van der Waals surface area (Å²) in [5.41, 5.74) is -0.372. The van der Waals surface area contributed by atoms with Crippen LogP contribution in [0.15, 0.2) is 28.3 Å². The molecule has 2 rings (SSSR count). The highest BCUT2D eigenvalue weighted by molar-refractivity contribution is 7.89. The van der Waals surface area contributed by atoms with Crippen LogP contribution in [0, 0.1) is 17.2 Å². The molecule has 0 unspecified atom stereocenters. The van der Waals surface area contributed by atoms with Gasteiger partial charge in [-0.1, -0.05) is 0 Å². The number of pyridine rings is 1. The van der Waals surface area contributed by atoms with Crippen molar-refractivity contribution >= 4 is 22.3 Å². The van der Waals surface area contributed by atoms with Gasteiger partial charge in [-0.25, -0.2) is 22.9 Å². The van der Waals surface area contributed by atoms with Crippen molar-refractivity contribution < 1.29 is 17.9 Å². The highest BCUT2D eigenvalue weighted by atomic mass is 32.2. The summed E-state index contributed by atoms with van der Waals surface area (Å²) in [7, 11) is -3.78. The molecule has 1 heterocycles. The third-order valence-corrected chi connectivity index (χ3v) is 4.84. The van der Waals surface area contributed by atoms with Gasteiger partial charge in [0.1, 0.15) is 5.60 Å². The van der Waals surface area contributed by atoms with E-state index in [0.717, 1.165) is 0 Å². The molecule has 1 aliphatic rings. The van der Waals surface area contributed by atoms with Crippen LogP contribution in [0.4, 0.5) is 4.79 Å². The van der Waals surface area contributed by atoms with E-state index >= 15 is 0 Å². The van der Waals surface area contributed by atoms with Gasteiger partial charge in [0.25, 0.3) is 10.0 Å². The van der Waals surface area contributed by atoms with Crippen LogP contribution in [0.2, 0.25) is 0 Å². The van der Waals surface area contributed by atoms with E-state index in [-0.39, 0.29) is 22.5 Å². The van der Waals surface area contributed by atoms with Crippen molar-refractivity contribution in [3.05, 3.63) is 23.9 Å². The topological polar surface area (TPSA) is 122 Å². The zero-order chi connectivity index (χ0) is 18.7. The largest absolute Gasteiger partial charge is 0.442 e. The average molecular weight is 364 g/mol. The molecule has 1 fully saturated rings. The third-order valence-electron chi connectivity index (χ3n) is 3.42. The molecule has 8 nitrogen and oxygen atoms in total. The van der Waals surface area contributed by atoms with Crippen LogP contribution in [0.1, 0.15) is 39.2 Å². The number of aromatic nitrogens is 1. The molecule has 1 amide bonds. The Labute approximate surface area is 147 Å². The first-order valence-corrected chi connectivity index (χ1v) is 9.23. The molecule has 134 valence electrons. The number of aliphatic imine (C=N–C) groups is 1. The van der Waals surface area contributed by atoms with Crippen LogP contribution >= 0.6 is 0 Å². The zero-order valence-corrected chi connectivity index (χ0v) is 15.1. The predicted octanol–water partition coefficient (Wildman–Crippen LogP) is 2.02. The van der Waals surface area contributed by atoms with Crippen molar-refractivity contribution in [2.24, 2.45) is 10.9 Å². The minimum atomic E-state index is -3.78. The second kappa shape index (κ2) is 7.29. The average Bonchev–Trinajstić information content (AvgIpc) is 2.47. The number of rotatable bonds is 4. The highest BCUT2D eigenvalue weighted by Crippen LogP contribution is 2.27. The molecule has 1 aliphatic carbocycles. The molecule has 0 aliphatic heterocycles. The summed E-state index contributed by atoms with van der Waals surface area (Å²) in [5.74, 6) is 0.0126. The summed E-state index contributed by atoms with van der Waals surface area (Å²) in [4.78, 5) is 19.0. The predicted molar refractivity (Wildman–Crippen MR) is 90.5 cm³/mol. The van der Waals surface area contributed by atoms with Crippen molar-refractivity contribution in [1.29, 1.82) is 5.26 Å². The highest BCUT2D eigenvalue weighted by Gasteiger charge is 2.32. The second-order valence-corrected chi connectivity index (χ2v) is 8.46. The maximum atomic E-state index is 12.2. The standard InChI is InChI=1S/C16H20N4O4S/c1-16(2,3)24-15(21)19-10-12-6-13(7-12)20-25(22,23)14-8-11(9-17)4-5-18-14/h4-5,8,10,12-13,20H,6-7H2,1-3H3/b19-10+. The van der Waals surface area contributed by atoms with Crippen LogP contribution in [0.25, 0.3) is 0 Å². The number of carbonyl (C=O) groups excluding carboxylic acids is 1. The first kappa shape index (κ1) is 19.0. The van der Waals surface area contributed by atoms with Crippen LogP contribution in [0.5, 0.6) is 0 Å². The van der Waals surface area contributed by atoms with Gasteiger partial charge in [-0.3, -0.25) is 0 Å². The SMILES string of the molecule is CC(C)(C)OC(=O)/N=C/C1CC(NS(=O)(=O)c2cc(C#N)ccn2)C1. The zero-order valence-electron chi connectivity index (χ0n) is 14.3. The fourth-order valence-electron chi connectivity index (χ4n) is 2.24. The molecule has 0 atom stereocenters. The molecular weight excluding hydrogens is 344 g/mol. The first-order chi connectivity index (χ1) is 11.6. The lowest BCUT2D eigenvalue weighted by Crippen LogP contribution is -2.45. The number of ether oxygens (including phenoxy) is 1. The number of hydrogen-bond donors (Lipinski definition) is 1. The van der Waals surface area contributed by atoms with E-state index in [9.17, 15) is 13.2 Å². The van der Waals surface area contributed by atoms with E-state index in [2.05, 4.69) is 14.7 Å². The number of hydrogen-bond acceptors (Lipinski definition) is 6. The minimum Gasteiger partial charge on any atom is -0.442 e. The Hall–Kier alpha value is -2.31. The van der Waals surface area contributed by atoms with E-state index in [1.165, 1.54) is 24.5 Å². The van der Waals surface area contributed by atoms with Gasteiger partial charge >= 0.3 is 6.09 Å². The molecular formula is C16H20N4O4S. The normalized spacial score (nSPS) is 20.7. The Kier molecular flexibility index (Phi) is 5.55. The Morgan fingerprint density at radius 1 is 1.48 bits per heavy atom. The van der Waals surface area contributed by atoms with Gasteiger partial charge < -0.3 is 4.74 Å². The van der Waals surface area contributed by atoms with Crippen molar-refractivity contribution in [3.8, 4) is 6.07 Å². The summed E-state index contributed by atoms with van der Waals surface area (Å²) in [5, 5.41) is 8.65. The third kappa shape index (κ3) is 5.62. The molecule has 9 heteroatoms. The molecule has 0 spiro atoms. The van der Waals surface area contributed by atoms with E-state index in [0.29, 0.717) is 12.8 Å². The summed E-state index contributed by atoms with van der Waals surface area (Å²) >= 11 is 0. The lowest BCUT2D eigenvalue weighted by molar-refractivity contribution is 0.0603. The number of amides is 1. The maximum Gasteiger partial charge on any atom is 0.433 e. The van der Waals surface area contributed by atoms with E-state index < -0.39 is 21.7 Å². The molecule has 0 radical (unpaired) electrons. The molecule has 0 bridgehead atoms. The molecule has 1 saturated carbocycles. The Balaban J connectivity index is 1.87. The van der Waals surface area contributed by atoms with E-state index in [4.69, 9.17) is 10.00 Å². The van der Waals surface area contributed by atoms with E-state index in [1.54, 1.807) is 20.8 Å². The Bertz CT molecular complexity index is 815. The molecule has 1 aromatic heterocycles. The number of sulfonamides is 1. The Morgan fingerprint density at radius 3 is 2.76 bits per heavy atom. The van der Waals surface area contributed by atoms with Crippen molar-refractivity contribution in [3.63, 3.8) is 0 Å². The van der Waals surface area contributed by atoms with Gasteiger partial charge in [-0.2, -0.15) is 10.3 Å². The summed E-state index contributed by atoms with van der Waals surface area (Å²) in [6, 6.07) is 4.28. The van der Waals surface area contributed by atoms with E-state index in [1.807, 2.05) is 6.07 Å². The second-order valence-electron chi connectivity index (χ2n) is 6.80. The molecule has 1 aromatic rings. The maximum absolute atomic E-state index is 12.2.